The van der Waals surface area contributed by atoms with Crippen LogP contribution >= 0.6 is 0 Å². The zero-order valence-electron chi connectivity index (χ0n) is 49.8. The number of anilines is 2. The lowest BCUT2D eigenvalue weighted by molar-refractivity contribution is -0.0974. The number of hydrogen-bond acceptors (Lipinski definition) is 18. The van der Waals surface area contributed by atoms with Gasteiger partial charge >= 0.3 is 0 Å². The minimum Gasteiger partial charge on any atom is -0.497 e. The maximum Gasteiger partial charge on any atom is 0.280 e. The van der Waals surface area contributed by atoms with Crippen LogP contribution < -0.4 is 41.9 Å². The third kappa shape index (κ3) is 11.4. The van der Waals surface area contributed by atoms with Crippen LogP contribution in [0, 0.1) is 11.8 Å². The lowest BCUT2D eigenvalue weighted by atomic mass is 9.80. The van der Waals surface area contributed by atoms with Gasteiger partial charge in [-0.15, -0.1) is 0 Å². The van der Waals surface area contributed by atoms with Gasteiger partial charge in [-0.25, -0.2) is 25.4 Å². The number of aromatic amines is 1. The van der Waals surface area contributed by atoms with Crippen LogP contribution in [0.3, 0.4) is 0 Å². The van der Waals surface area contributed by atoms with Gasteiger partial charge in [-0.3, -0.25) is 23.8 Å². The number of nitrogens with one attached hydrogen (secondary N) is 3. The molecule has 6 heterocycles. The summed E-state index contributed by atoms with van der Waals surface area (Å²) in [4.78, 5) is 46.0. The van der Waals surface area contributed by atoms with E-state index in [0.717, 1.165) is 27.1 Å². The van der Waals surface area contributed by atoms with Crippen LogP contribution in [0.4, 0.5) is 11.8 Å². The topological polar surface area (TPSA) is 240 Å². The number of rotatable bonds is 24. The third-order valence-corrected chi connectivity index (χ3v) is 21.4. The maximum absolute atomic E-state index is 13.6. The quantitative estimate of drug-likeness (QED) is 0.0198. The maximum atomic E-state index is 13.6. The van der Waals surface area contributed by atoms with Gasteiger partial charge in [0.1, 0.15) is 53.4 Å². The number of methoxy groups -OCH3 is 4. The molecule has 8 atom stereocenters. The molecule has 4 aromatic heterocycles. The highest BCUT2D eigenvalue weighted by Crippen LogP contribution is 2.46. The number of nitrogens with zero attached hydrogens (tertiary/aromatic N) is 7. The molecule has 0 radical (unpaired) electrons. The van der Waals surface area contributed by atoms with Crippen LogP contribution in [0.15, 0.2) is 163 Å². The van der Waals surface area contributed by atoms with E-state index in [4.69, 9.17) is 53.1 Å². The van der Waals surface area contributed by atoms with E-state index in [1.165, 1.54) is 6.33 Å². The fourth-order valence-corrected chi connectivity index (χ4v) is 16.9. The van der Waals surface area contributed by atoms with E-state index in [-0.39, 0.29) is 37.0 Å². The Morgan fingerprint density at radius 1 is 0.651 bits per heavy atom. The van der Waals surface area contributed by atoms with E-state index in [2.05, 4.69) is 131 Å². The summed E-state index contributed by atoms with van der Waals surface area (Å²) in [5.41, 5.74) is 12.0. The smallest absolute Gasteiger partial charge is 0.280 e. The summed E-state index contributed by atoms with van der Waals surface area (Å²) in [5, 5.41) is 5.03. The predicted octanol–water partition coefficient (Wildman–Crippen LogP) is 7.54. The number of benzene rings is 5. The van der Waals surface area contributed by atoms with Crippen LogP contribution in [0.5, 0.6) is 11.5 Å². The van der Waals surface area contributed by atoms with E-state index < -0.39 is 73.4 Å². The Kier molecular flexibility index (Phi) is 17.8. The van der Waals surface area contributed by atoms with Crippen molar-refractivity contribution in [1.29, 1.82) is 0 Å². The summed E-state index contributed by atoms with van der Waals surface area (Å²) in [6, 6.07) is 46.7. The Balaban J connectivity index is 0.960. The Labute approximate surface area is 500 Å². The van der Waals surface area contributed by atoms with Crippen molar-refractivity contribution in [2.75, 3.05) is 65.8 Å². The van der Waals surface area contributed by atoms with Crippen LogP contribution in [0.1, 0.15) is 63.8 Å². The number of nitrogen functional groups attached to an aromatic ring is 1. The van der Waals surface area contributed by atoms with Gasteiger partial charge in [-0.1, -0.05) is 150 Å². The molecule has 21 nitrogen and oxygen atoms in total. The second kappa shape index (κ2) is 25.6. The second-order valence-corrected chi connectivity index (χ2v) is 27.3. The monoisotopic (exact) mass is 1190 g/mol. The van der Waals surface area contributed by atoms with Gasteiger partial charge in [0.2, 0.25) is 5.95 Å². The molecule has 5 aromatic carbocycles. The van der Waals surface area contributed by atoms with Crippen molar-refractivity contribution in [3.05, 3.63) is 186 Å². The van der Waals surface area contributed by atoms with Crippen molar-refractivity contribution >= 4 is 52.8 Å². The van der Waals surface area contributed by atoms with E-state index in [9.17, 15) is 4.79 Å². The molecule has 2 fully saturated rings. The number of aromatic nitrogens is 8. The molecular weight excluding hydrogens is 1110 g/mol. The largest absolute Gasteiger partial charge is 0.497 e. The summed E-state index contributed by atoms with van der Waals surface area (Å²) < 4.78 is 57.6. The fraction of sp³-hybridized carbons (Fsp3) is 0.375. The Morgan fingerprint density at radius 2 is 1.20 bits per heavy atom. The minimum absolute atomic E-state index is 0.00410. The minimum atomic E-state index is -3.27. The van der Waals surface area contributed by atoms with Gasteiger partial charge in [0.15, 0.2) is 35.1 Å². The van der Waals surface area contributed by atoms with E-state index >= 15 is 0 Å². The molecule has 0 saturated carbocycles. The first-order chi connectivity index (χ1) is 41.7. The lowest BCUT2D eigenvalue weighted by Crippen LogP contribution is -2.69. The zero-order chi connectivity index (χ0) is 60.2. The molecule has 0 bridgehead atoms. The summed E-state index contributed by atoms with van der Waals surface area (Å²) in [7, 11) is 3.31. The fourth-order valence-electron chi connectivity index (χ4n) is 12.2. The summed E-state index contributed by atoms with van der Waals surface area (Å²) in [6.45, 7) is 11.6. The summed E-state index contributed by atoms with van der Waals surface area (Å²) in [6.07, 6.45) is -0.538. The number of ether oxygens (including phenoxy) is 7. The van der Waals surface area contributed by atoms with Crippen LogP contribution in [-0.4, -0.2) is 133 Å². The first kappa shape index (κ1) is 59.8. The first-order valence-corrected chi connectivity index (χ1v) is 30.8. The second-order valence-electron chi connectivity index (χ2n) is 23.0. The van der Waals surface area contributed by atoms with Gasteiger partial charge in [-0.05, 0) is 62.3 Å². The number of H-pyrrole nitrogens is 1. The Hall–Kier alpha value is -7.90. The van der Waals surface area contributed by atoms with Gasteiger partial charge in [0.25, 0.3) is 13.9 Å². The Morgan fingerprint density at radius 3 is 1.77 bits per heavy atom. The molecule has 0 aliphatic carbocycles. The molecule has 5 N–H and O–H groups in total. The Bertz CT molecular complexity index is 3650. The normalized spacial score (nSPS) is 21.0. The average Bonchev–Trinajstić information content (AvgIpc) is 1.31. The molecule has 0 unspecified atom stereocenters. The summed E-state index contributed by atoms with van der Waals surface area (Å²) in [5.74, 6) is 1.72. The number of hydroxylamine groups is 1. The SMILES string of the molecule is COc1ccc(C(OC[C@H]2O[C@@H](n3cnc4c(=O)[nH]c(NCC(C)C)nc43)[C@H](OC)[C@@H]2CNOC[C@H]2O[C@@H](n3cnc4c(N)ncnc43)[C@H](OC)[C@@H]2O[Si](c2ccccc2)(c2ccccc2)C(C)(C)C)(c2ccccc2)c2ccc(OC)cc2)cc1. The van der Waals surface area contributed by atoms with Crippen molar-refractivity contribution in [3.8, 4) is 11.5 Å². The van der Waals surface area contributed by atoms with E-state index in [0.29, 0.717) is 40.8 Å². The molecule has 86 heavy (non-hydrogen) atoms. The molecule has 2 aliphatic heterocycles. The van der Waals surface area contributed by atoms with Gasteiger partial charge in [0.05, 0.1) is 46.2 Å². The van der Waals surface area contributed by atoms with Crippen molar-refractivity contribution < 1.29 is 42.4 Å². The van der Waals surface area contributed by atoms with Gasteiger partial charge < -0.3 is 48.6 Å². The standard InChI is InChI=1S/C64H75N11O10Si/c1-40(2)33-66-62-72-58-52(59(76)73-62)70-39-75(58)60-53(79-8)48(49(83-60)35-81-64(41-19-13-10-14-20-41,42-25-29-44(77-6)30-26-42)43-27-31-45(78-7)32-28-43)34-71-82-36-50-54(55(80-9)61(84-50)74-38-69-51-56(65)67-37-68-57(51)74)85-86(63(3,4)5,46-21-15-11-16-22-46)47-23-17-12-18-24-47/h10-32,37-40,48-50,53-55,60-61,71H,33-36H2,1-9H3,(H2,65,67,68)(H2,66,72,73,76)/t48-,49-,50-,53-,54-,55-,60-,61-/m1/s1. The van der Waals surface area contributed by atoms with Crippen molar-refractivity contribution in [2.45, 2.75) is 88.2 Å². The molecule has 2 aliphatic rings. The molecule has 2 saturated heterocycles. The number of fused-ring (bicyclic) bond motifs is 2. The van der Waals surface area contributed by atoms with Crippen LogP contribution in [0.2, 0.25) is 5.04 Å². The van der Waals surface area contributed by atoms with Gasteiger partial charge in [0, 0.05) is 33.2 Å². The van der Waals surface area contributed by atoms with E-state index in [1.54, 1.807) is 45.7 Å². The number of hydrogen-bond donors (Lipinski definition) is 4. The zero-order valence-corrected chi connectivity index (χ0v) is 50.8. The van der Waals surface area contributed by atoms with Crippen LogP contribution in [-0.2, 0) is 38.5 Å². The van der Waals surface area contributed by atoms with Crippen molar-refractivity contribution in [3.63, 3.8) is 0 Å². The molecule has 9 aromatic rings. The summed E-state index contributed by atoms with van der Waals surface area (Å²) >= 11 is 0. The highest BCUT2D eigenvalue weighted by Gasteiger charge is 2.57. The highest BCUT2D eigenvalue weighted by atomic mass is 28.4. The van der Waals surface area contributed by atoms with E-state index in [1.807, 2.05) is 83.4 Å². The molecule has 0 amide bonds. The first-order valence-electron chi connectivity index (χ1n) is 28.8. The van der Waals surface area contributed by atoms with Crippen LogP contribution in [0.25, 0.3) is 22.3 Å². The highest BCUT2D eigenvalue weighted by molar-refractivity contribution is 6.99. The average molecular weight is 1190 g/mol. The number of nitrogens with two attached hydrogens (primary N) is 1. The number of imidazole rings is 2. The molecular formula is C64H75N11O10Si. The lowest BCUT2D eigenvalue weighted by Gasteiger charge is -2.45. The molecule has 0 spiro atoms. The van der Waals surface area contributed by atoms with Crippen molar-refractivity contribution in [2.24, 2.45) is 11.8 Å². The molecule has 450 valence electrons. The van der Waals surface area contributed by atoms with Crippen molar-refractivity contribution in [1.82, 2.24) is 44.5 Å². The molecule has 22 heteroatoms. The predicted molar refractivity (Wildman–Crippen MR) is 329 cm³/mol. The molecule has 11 rings (SSSR count). The third-order valence-electron chi connectivity index (χ3n) is 16.4. The van der Waals surface area contributed by atoms with Gasteiger partial charge in [-0.2, -0.15) is 4.98 Å².